The largest absolute Gasteiger partial charge is 0.493 e. The van der Waals surface area contributed by atoms with Gasteiger partial charge in [-0.15, -0.1) is 0 Å². The molecule has 1 unspecified atom stereocenters. The van der Waals surface area contributed by atoms with Crippen molar-refractivity contribution in [3.05, 3.63) is 23.8 Å². The van der Waals surface area contributed by atoms with Gasteiger partial charge in [0.05, 0.1) is 18.7 Å². The third-order valence-electron chi connectivity index (χ3n) is 1.79. The van der Waals surface area contributed by atoms with Gasteiger partial charge in [0.25, 0.3) is 0 Å². The maximum absolute atomic E-state index is 8.73. The number of hydrogen-bond acceptors (Lipinski definition) is 4. The van der Waals surface area contributed by atoms with Crippen molar-refractivity contribution in [2.45, 2.75) is 13.0 Å². The second-order valence-corrected chi connectivity index (χ2v) is 3.27. The summed E-state index contributed by atoms with van der Waals surface area (Å²) in [7, 11) is 1.56. The fraction of sp³-hybridized carbons (Fsp3) is 0.364. The smallest absolute Gasteiger partial charge is 0.162 e. The Morgan fingerprint density at radius 3 is 2.73 bits per heavy atom. The van der Waals surface area contributed by atoms with Crippen LogP contribution in [0.15, 0.2) is 18.2 Å². The average Bonchev–Trinajstić information content (AvgIpc) is 2.25. The molecule has 15 heavy (non-hydrogen) atoms. The summed E-state index contributed by atoms with van der Waals surface area (Å²) in [6.45, 7) is 2.24. The van der Waals surface area contributed by atoms with Crippen LogP contribution in [0.4, 0.5) is 0 Å². The SMILES string of the molecule is COc1ccc(C#N)cc1OCC(C)N. The summed E-state index contributed by atoms with van der Waals surface area (Å²) in [5.74, 6) is 1.16. The zero-order valence-electron chi connectivity index (χ0n) is 8.86. The third-order valence-corrected chi connectivity index (χ3v) is 1.79. The second-order valence-electron chi connectivity index (χ2n) is 3.27. The van der Waals surface area contributed by atoms with Gasteiger partial charge in [-0.3, -0.25) is 0 Å². The summed E-state index contributed by atoms with van der Waals surface area (Å²) in [6.07, 6.45) is 0. The van der Waals surface area contributed by atoms with Crippen LogP contribution in [-0.2, 0) is 0 Å². The van der Waals surface area contributed by atoms with Gasteiger partial charge in [0.15, 0.2) is 11.5 Å². The molecule has 4 nitrogen and oxygen atoms in total. The third kappa shape index (κ3) is 3.15. The van der Waals surface area contributed by atoms with Crippen molar-refractivity contribution in [3.8, 4) is 17.6 Å². The van der Waals surface area contributed by atoms with Gasteiger partial charge < -0.3 is 15.2 Å². The molecule has 1 rings (SSSR count). The lowest BCUT2D eigenvalue weighted by molar-refractivity contribution is 0.278. The van der Waals surface area contributed by atoms with E-state index in [1.54, 1.807) is 25.3 Å². The van der Waals surface area contributed by atoms with E-state index in [1.807, 2.05) is 13.0 Å². The Kier molecular flexibility index (Phi) is 3.95. The summed E-state index contributed by atoms with van der Waals surface area (Å²) in [5.41, 5.74) is 6.11. The Morgan fingerprint density at radius 1 is 1.47 bits per heavy atom. The number of hydrogen-bond donors (Lipinski definition) is 1. The zero-order chi connectivity index (χ0) is 11.3. The van der Waals surface area contributed by atoms with Gasteiger partial charge in [0, 0.05) is 12.1 Å². The summed E-state index contributed by atoms with van der Waals surface area (Å²) in [5, 5.41) is 8.73. The molecular formula is C11H14N2O2. The van der Waals surface area contributed by atoms with E-state index in [-0.39, 0.29) is 6.04 Å². The molecule has 0 spiro atoms. The summed E-state index contributed by atoms with van der Waals surface area (Å²) in [6, 6.07) is 7.01. The lowest BCUT2D eigenvalue weighted by Gasteiger charge is -2.12. The van der Waals surface area contributed by atoms with Gasteiger partial charge in [0.2, 0.25) is 0 Å². The second kappa shape index (κ2) is 5.23. The first-order valence-electron chi connectivity index (χ1n) is 4.64. The number of ether oxygens (including phenoxy) is 2. The number of nitrogens with zero attached hydrogens (tertiary/aromatic N) is 1. The molecule has 0 radical (unpaired) electrons. The Balaban J connectivity index is 2.87. The van der Waals surface area contributed by atoms with E-state index < -0.39 is 0 Å². The molecular weight excluding hydrogens is 192 g/mol. The molecule has 4 heteroatoms. The lowest BCUT2D eigenvalue weighted by atomic mass is 10.2. The van der Waals surface area contributed by atoms with Crippen LogP contribution >= 0.6 is 0 Å². The first kappa shape index (κ1) is 11.3. The highest BCUT2D eigenvalue weighted by atomic mass is 16.5. The molecule has 0 aliphatic heterocycles. The van der Waals surface area contributed by atoms with E-state index in [1.165, 1.54) is 0 Å². The molecule has 0 amide bonds. The van der Waals surface area contributed by atoms with Crippen molar-refractivity contribution in [1.82, 2.24) is 0 Å². The van der Waals surface area contributed by atoms with Crippen molar-refractivity contribution in [3.63, 3.8) is 0 Å². The normalized spacial score (nSPS) is 11.6. The Labute approximate surface area is 89.2 Å². The van der Waals surface area contributed by atoms with Crippen LogP contribution in [-0.4, -0.2) is 19.8 Å². The molecule has 0 aliphatic rings. The number of nitrogens with two attached hydrogens (primary N) is 1. The van der Waals surface area contributed by atoms with Crippen LogP contribution in [0.3, 0.4) is 0 Å². The molecule has 2 N–H and O–H groups in total. The molecule has 0 saturated heterocycles. The molecule has 0 heterocycles. The zero-order valence-corrected chi connectivity index (χ0v) is 8.86. The predicted molar refractivity (Wildman–Crippen MR) is 56.9 cm³/mol. The summed E-state index contributed by atoms with van der Waals surface area (Å²) >= 11 is 0. The minimum absolute atomic E-state index is 0.0551. The van der Waals surface area contributed by atoms with Gasteiger partial charge in [-0.2, -0.15) is 5.26 Å². The molecule has 0 aromatic heterocycles. The maximum Gasteiger partial charge on any atom is 0.162 e. The lowest BCUT2D eigenvalue weighted by Crippen LogP contribution is -2.23. The van der Waals surface area contributed by atoms with E-state index in [9.17, 15) is 0 Å². The average molecular weight is 206 g/mol. The minimum atomic E-state index is -0.0551. The van der Waals surface area contributed by atoms with E-state index in [0.29, 0.717) is 23.7 Å². The summed E-state index contributed by atoms with van der Waals surface area (Å²) < 4.78 is 10.5. The highest BCUT2D eigenvalue weighted by Crippen LogP contribution is 2.27. The van der Waals surface area contributed by atoms with Gasteiger partial charge >= 0.3 is 0 Å². The van der Waals surface area contributed by atoms with Crippen LogP contribution in [0.5, 0.6) is 11.5 Å². The van der Waals surface area contributed by atoms with E-state index in [4.69, 9.17) is 20.5 Å². The number of rotatable bonds is 4. The first-order chi connectivity index (χ1) is 7.17. The van der Waals surface area contributed by atoms with Crippen molar-refractivity contribution >= 4 is 0 Å². The molecule has 0 bridgehead atoms. The van der Waals surface area contributed by atoms with E-state index >= 15 is 0 Å². The highest BCUT2D eigenvalue weighted by Gasteiger charge is 2.06. The Bertz CT molecular complexity index is 369. The standard InChI is InChI=1S/C11H14N2O2/c1-8(13)7-15-11-5-9(6-12)3-4-10(11)14-2/h3-5,8H,7,13H2,1-2H3. The highest BCUT2D eigenvalue weighted by molar-refractivity contribution is 5.46. The topological polar surface area (TPSA) is 68.3 Å². The molecule has 1 aromatic carbocycles. The summed E-state index contributed by atoms with van der Waals surface area (Å²) in [4.78, 5) is 0. The van der Waals surface area contributed by atoms with Gasteiger partial charge in [-0.05, 0) is 19.1 Å². The van der Waals surface area contributed by atoms with Crippen molar-refractivity contribution in [1.29, 1.82) is 5.26 Å². The molecule has 0 fully saturated rings. The van der Waals surface area contributed by atoms with Gasteiger partial charge in [0.1, 0.15) is 6.61 Å². The van der Waals surface area contributed by atoms with Crippen LogP contribution in [0.2, 0.25) is 0 Å². The number of benzene rings is 1. The van der Waals surface area contributed by atoms with Crippen LogP contribution < -0.4 is 15.2 Å². The van der Waals surface area contributed by atoms with Gasteiger partial charge in [-0.1, -0.05) is 0 Å². The Morgan fingerprint density at radius 2 is 2.20 bits per heavy atom. The van der Waals surface area contributed by atoms with Crippen LogP contribution in [0, 0.1) is 11.3 Å². The monoisotopic (exact) mass is 206 g/mol. The van der Waals surface area contributed by atoms with E-state index in [2.05, 4.69) is 0 Å². The first-order valence-corrected chi connectivity index (χ1v) is 4.64. The maximum atomic E-state index is 8.73. The van der Waals surface area contributed by atoms with Crippen molar-refractivity contribution in [2.24, 2.45) is 5.73 Å². The van der Waals surface area contributed by atoms with E-state index in [0.717, 1.165) is 0 Å². The fourth-order valence-electron chi connectivity index (χ4n) is 1.08. The molecule has 0 saturated carbocycles. The van der Waals surface area contributed by atoms with Crippen molar-refractivity contribution in [2.75, 3.05) is 13.7 Å². The Hall–Kier alpha value is -1.73. The predicted octanol–water partition coefficient (Wildman–Crippen LogP) is 1.29. The number of methoxy groups -OCH3 is 1. The van der Waals surface area contributed by atoms with Gasteiger partial charge in [-0.25, -0.2) is 0 Å². The van der Waals surface area contributed by atoms with Crippen LogP contribution in [0.25, 0.3) is 0 Å². The molecule has 1 atom stereocenters. The number of nitriles is 1. The molecule has 0 aliphatic carbocycles. The van der Waals surface area contributed by atoms with Crippen molar-refractivity contribution < 1.29 is 9.47 Å². The van der Waals surface area contributed by atoms with Crippen LogP contribution in [0.1, 0.15) is 12.5 Å². The fourth-order valence-corrected chi connectivity index (χ4v) is 1.08. The minimum Gasteiger partial charge on any atom is -0.493 e. The molecule has 1 aromatic rings. The molecule has 80 valence electrons. The quantitative estimate of drug-likeness (QED) is 0.806.